The van der Waals surface area contributed by atoms with Gasteiger partial charge in [-0.3, -0.25) is 9.97 Å². The summed E-state index contributed by atoms with van der Waals surface area (Å²) in [5.41, 5.74) is 2.40. The van der Waals surface area contributed by atoms with Gasteiger partial charge in [0.1, 0.15) is 17.1 Å². The number of fused-ring (bicyclic) bond motifs is 1. The van der Waals surface area contributed by atoms with Crippen LogP contribution in [0.2, 0.25) is 0 Å². The van der Waals surface area contributed by atoms with Crippen LogP contribution in [0.4, 0.5) is 15.8 Å². The molecule has 0 spiro atoms. The van der Waals surface area contributed by atoms with Crippen LogP contribution in [0.3, 0.4) is 0 Å². The van der Waals surface area contributed by atoms with Crippen LogP contribution in [0.1, 0.15) is 0 Å². The van der Waals surface area contributed by atoms with Crippen molar-refractivity contribution in [2.45, 2.75) is 0 Å². The largest absolute Gasteiger partial charge is 0.497 e. The zero-order valence-electron chi connectivity index (χ0n) is 11.1. The minimum atomic E-state index is -0.363. The van der Waals surface area contributed by atoms with E-state index in [1.54, 1.807) is 30.6 Å². The third-order valence-corrected chi connectivity index (χ3v) is 3.42. The van der Waals surface area contributed by atoms with Gasteiger partial charge >= 0.3 is 0 Å². The molecule has 0 saturated heterocycles. The van der Waals surface area contributed by atoms with Gasteiger partial charge in [0.05, 0.1) is 24.0 Å². The highest BCUT2D eigenvalue weighted by Crippen LogP contribution is 2.28. The molecule has 21 heavy (non-hydrogen) atoms. The number of pyridine rings is 2. The van der Waals surface area contributed by atoms with E-state index in [0.717, 1.165) is 9.99 Å². The summed E-state index contributed by atoms with van der Waals surface area (Å²) < 4.78 is 19.8. The van der Waals surface area contributed by atoms with Gasteiger partial charge in [-0.25, -0.2) is 4.39 Å². The first-order valence-electron chi connectivity index (χ1n) is 6.18. The van der Waals surface area contributed by atoms with Crippen molar-refractivity contribution >= 4 is 38.3 Å². The minimum absolute atomic E-state index is 0.326. The molecule has 1 aromatic carbocycles. The first kappa shape index (κ1) is 13.8. The quantitative estimate of drug-likeness (QED) is 0.767. The van der Waals surface area contributed by atoms with Gasteiger partial charge in [-0.2, -0.15) is 0 Å². The van der Waals surface area contributed by atoms with Crippen molar-refractivity contribution in [1.82, 2.24) is 9.97 Å². The highest BCUT2D eigenvalue weighted by Gasteiger charge is 2.08. The molecule has 1 N–H and O–H groups in total. The molecule has 0 radical (unpaired) electrons. The fourth-order valence-electron chi connectivity index (χ4n) is 1.98. The van der Waals surface area contributed by atoms with Crippen LogP contribution in [0, 0.1) is 5.82 Å². The molecule has 0 bridgehead atoms. The second-order valence-corrected chi connectivity index (χ2v) is 5.27. The van der Waals surface area contributed by atoms with Crippen LogP contribution in [0.15, 0.2) is 47.2 Å². The molecular formula is C15H11BrFN3O. The molecule has 0 aliphatic heterocycles. The van der Waals surface area contributed by atoms with E-state index < -0.39 is 0 Å². The summed E-state index contributed by atoms with van der Waals surface area (Å²) in [7, 11) is 1.54. The SMILES string of the molecule is COc1ccc(F)c(Nc2ccnc3cc(Br)cnc23)c1. The topological polar surface area (TPSA) is 47.0 Å². The van der Waals surface area contributed by atoms with Crippen molar-refractivity contribution < 1.29 is 9.13 Å². The Labute approximate surface area is 129 Å². The molecule has 0 aliphatic carbocycles. The number of benzene rings is 1. The van der Waals surface area contributed by atoms with Crippen LogP contribution in [0.5, 0.6) is 5.75 Å². The summed E-state index contributed by atoms with van der Waals surface area (Å²) in [6.07, 6.45) is 3.33. The van der Waals surface area contributed by atoms with Crippen molar-refractivity contribution in [2.75, 3.05) is 12.4 Å². The Morgan fingerprint density at radius 2 is 2.00 bits per heavy atom. The number of ether oxygens (including phenoxy) is 1. The average molecular weight is 348 g/mol. The van der Waals surface area contributed by atoms with E-state index in [1.807, 2.05) is 6.07 Å². The minimum Gasteiger partial charge on any atom is -0.497 e. The number of methoxy groups -OCH3 is 1. The van der Waals surface area contributed by atoms with E-state index in [1.165, 1.54) is 13.2 Å². The molecule has 0 amide bonds. The van der Waals surface area contributed by atoms with Gasteiger partial charge in [-0.1, -0.05) is 0 Å². The molecule has 6 heteroatoms. The number of halogens is 2. The van der Waals surface area contributed by atoms with Crippen molar-refractivity contribution in [2.24, 2.45) is 0 Å². The first-order chi connectivity index (χ1) is 10.2. The molecule has 0 unspecified atom stereocenters. The van der Waals surface area contributed by atoms with E-state index in [9.17, 15) is 4.39 Å². The molecule has 0 saturated carbocycles. The Morgan fingerprint density at radius 1 is 1.14 bits per heavy atom. The Balaban J connectivity index is 2.06. The van der Waals surface area contributed by atoms with Gasteiger partial charge in [-0.15, -0.1) is 0 Å². The first-order valence-corrected chi connectivity index (χ1v) is 6.97. The lowest BCUT2D eigenvalue weighted by Gasteiger charge is -2.11. The zero-order chi connectivity index (χ0) is 14.8. The summed E-state index contributed by atoms with van der Waals surface area (Å²) in [5.74, 6) is 0.214. The predicted octanol–water partition coefficient (Wildman–Crippen LogP) is 4.28. The van der Waals surface area contributed by atoms with E-state index in [4.69, 9.17) is 4.74 Å². The highest BCUT2D eigenvalue weighted by atomic mass is 79.9. The molecule has 4 nitrogen and oxygen atoms in total. The van der Waals surface area contributed by atoms with Crippen LogP contribution in [-0.4, -0.2) is 17.1 Å². The summed E-state index contributed by atoms with van der Waals surface area (Å²) >= 11 is 3.35. The van der Waals surface area contributed by atoms with Crippen LogP contribution in [0.25, 0.3) is 11.0 Å². The molecule has 0 atom stereocenters. The molecule has 2 heterocycles. The average Bonchev–Trinajstić information content (AvgIpc) is 2.49. The Hall–Kier alpha value is -2.21. The molecule has 2 aromatic heterocycles. The van der Waals surface area contributed by atoms with E-state index in [-0.39, 0.29) is 5.82 Å². The molecule has 0 fully saturated rings. The third-order valence-electron chi connectivity index (χ3n) is 2.99. The maximum Gasteiger partial charge on any atom is 0.146 e. The number of hydrogen-bond donors (Lipinski definition) is 1. The number of aromatic nitrogens is 2. The number of anilines is 2. The Kier molecular flexibility index (Phi) is 3.70. The summed E-state index contributed by atoms with van der Waals surface area (Å²) in [5, 5.41) is 3.04. The maximum absolute atomic E-state index is 13.9. The number of nitrogens with zero attached hydrogens (tertiary/aromatic N) is 2. The smallest absolute Gasteiger partial charge is 0.146 e. The molecule has 3 aromatic rings. The Morgan fingerprint density at radius 3 is 2.81 bits per heavy atom. The lowest BCUT2D eigenvalue weighted by atomic mass is 10.2. The van der Waals surface area contributed by atoms with E-state index in [0.29, 0.717) is 22.6 Å². The second kappa shape index (κ2) is 5.65. The van der Waals surface area contributed by atoms with Gasteiger partial charge in [-0.05, 0) is 40.2 Å². The third kappa shape index (κ3) is 2.80. The van der Waals surface area contributed by atoms with Crippen LogP contribution < -0.4 is 10.1 Å². The van der Waals surface area contributed by atoms with Crippen molar-refractivity contribution in [3.63, 3.8) is 0 Å². The molecular weight excluding hydrogens is 337 g/mol. The number of nitrogens with one attached hydrogen (secondary N) is 1. The summed E-state index contributed by atoms with van der Waals surface area (Å²) in [4.78, 5) is 8.57. The lowest BCUT2D eigenvalue weighted by molar-refractivity contribution is 0.414. The zero-order valence-corrected chi connectivity index (χ0v) is 12.7. The fraction of sp³-hybridized carbons (Fsp3) is 0.0667. The number of hydrogen-bond acceptors (Lipinski definition) is 4. The van der Waals surface area contributed by atoms with Gasteiger partial charge in [0.15, 0.2) is 0 Å². The van der Waals surface area contributed by atoms with E-state index in [2.05, 4.69) is 31.2 Å². The van der Waals surface area contributed by atoms with Gasteiger partial charge < -0.3 is 10.1 Å². The van der Waals surface area contributed by atoms with Crippen LogP contribution >= 0.6 is 15.9 Å². The van der Waals surface area contributed by atoms with Gasteiger partial charge in [0.2, 0.25) is 0 Å². The normalized spacial score (nSPS) is 10.6. The maximum atomic E-state index is 13.9. The van der Waals surface area contributed by atoms with Gasteiger partial charge in [0, 0.05) is 22.9 Å². The van der Waals surface area contributed by atoms with Crippen molar-refractivity contribution in [3.8, 4) is 5.75 Å². The molecule has 3 rings (SSSR count). The molecule has 106 valence electrons. The highest BCUT2D eigenvalue weighted by molar-refractivity contribution is 9.10. The fourth-order valence-corrected chi connectivity index (χ4v) is 2.30. The summed E-state index contributed by atoms with van der Waals surface area (Å²) in [6.45, 7) is 0. The predicted molar refractivity (Wildman–Crippen MR) is 83.5 cm³/mol. The Bertz CT molecular complexity index is 810. The summed E-state index contributed by atoms with van der Waals surface area (Å²) in [6, 6.07) is 8.13. The lowest BCUT2D eigenvalue weighted by Crippen LogP contribution is -1.97. The standard InChI is InChI=1S/C15H11BrFN3O/c1-21-10-2-3-11(17)13(7-10)20-12-4-5-18-14-6-9(16)8-19-15(12)14/h2-8H,1H3,(H,18,20). The van der Waals surface area contributed by atoms with Crippen molar-refractivity contribution in [3.05, 3.63) is 53.0 Å². The van der Waals surface area contributed by atoms with Crippen LogP contribution in [-0.2, 0) is 0 Å². The van der Waals surface area contributed by atoms with Gasteiger partial charge in [0.25, 0.3) is 0 Å². The van der Waals surface area contributed by atoms with Crippen molar-refractivity contribution in [1.29, 1.82) is 0 Å². The van der Waals surface area contributed by atoms with E-state index >= 15 is 0 Å². The monoisotopic (exact) mass is 347 g/mol. The molecule has 0 aliphatic rings. The second-order valence-electron chi connectivity index (χ2n) is 4.35. The number of rotatable bonds is 3.